The number of benzene rings is 1. The second kappa shape index (κ2) is 4.47. The molecule has 0 atom stereocenters. The van der Waals surface area contributed by atoms with E-state index in [2.05, 4.69) is 5.16 Å². The largest absolute Gasteiger partial charge is 0.390 e. The van der Waals surface area contributed by atoms with Crippen molar-refractivity contribution in [3.05, 3.63) is 52.4 Å². The highest BCUT2D eigenvalue weighted by Crippen LogP contribution is 2.19. The molecular weight excluding hydrogens is 214 g/mol. The molecule has 2 rings (SSSR count). The second-order valence-corrected chi connectivity index (χ2v) is 3.62. The summed E-state index contributed by atoms with van der Waals surface area (Å²) in [5.74, 6) is 0.701. The number of halogens is 1. The number of aliphatic hydroxyl groups excluding tert-OH is 1. The summed E-state index contributed by atoms with van der Waals surface area (Å²) in [7, 11) is 0. The number of hydrogen-bond acceptors (Lipinski definition) is 3. The van der Waals surface area contributed by atoms with Crippen LogP contribution in [0.25, 0.3) is 0 Å². The minimum absolute atomic E-state index is 0.105. The molecule has 2 aromatic rings. The first-order valence-corrected chi connectivity index (χ1v) is 4.96. The lowest BCUT2D eigenvalue weighted by molar-refractivity contribution is 0.265. The molecule has 1 aromatic heterocycles. The van der Waals surface area contributed by atoms with Crippen LogP contribution in [-0.2, 0) is 13.0 Å². The van der Waals surface area contributed by atoms with Crippen molar-refractivity contribution in [1.82, 2.24) is 5.16 Å². The molecule has 0 aliphatic carbocycles. The van der Waals surface area contributed by atoms with Gasteiger partial charge in [0, 0.05) is 17.5 Å². The van der Waals surface area contributed by atoms with Gasteiger partial charge in [0.15, 0.2) is 0 Å². The fourth-order valence-electron chi connectivity index (χ4n) is 1.34. The van der Waals surface area contributed by atoms with Crippen LogP contribution < -0.4 is 0 Å². The Labute approximate surface area is 92.3 Å². The van der Waals surface area contributed by atoms with E-state index in [0.29, 0.717) is 22.9 Å². The first kappa shape index (κ1) is 10.2. The number of aliphatic hydroxyl groups is 1. The maximum Gasteiger partial charge on any atom is 0.141 e. The maximum atomic E-state index is 8.82. The number of rotatable bonds is 3. The molecule has 0 aliphatic heterocycles. The fraction of sp³-hybridized carbons (Fsp3) is 0.182. The Hall–Kier alpha value is -1.32. The van der Waals surface area contributed by atoms with E-state index < -0.39 is 0 Å². The van der Waals surface area contributed by atoms with Gasteiger partial charge in [0.05, 0.1) is 6.61 Å². The first-order valence-electron chi connectivity index (χ1n) is 4.58. The van der Waals surface area contributed by atoms with Gasteiger partial charge >= 0.3 is 0 Å². The molecule has 1 N–H and O–H groups in total. The topological polar surface area (TPSA) is 46.3 Å². The third-order valence-corrected chi connectivity index (χ3v) is 2.46. The molecule has 0 saturated carbocycles. The monoisotopic (exact) mass is 223 g/mol. The van der Waals surface area contributed by atoms with Gasteiger partial charge in [-0.1, -0.05) is 35.0 Å². The predicted octanol–water partition coefficient (Wildman–Crippen LogP) is 2.41. The average molecular weight is 224 g/mol. The standard InChI is InChI=1S/C11H10ClNO2/c12-11-4-2-1-3-8(11)5-10-6-9(7-14)13-15-10/h1-4,6,14H,5,7H2. The van der Waals surface area contributed by atoms with E-state index >= 15 is 0 Å². The van der Waals surface area contributed by atoms with Crippen LogP contribution in [0.4, 0.5) is 0 Å². The predicted molar refractivity (Wildman–Crippen MR) is 56.7 cm³/mol. The Morgan fingerprint density at radius 1 is 1.33 bits per heavy atom. The van der Waals surface area contributed by atoms with Crippen LogP contribution >= 0.6 is 11.6 Å². The van der Waals surface area contributed by atoms with Crippen LogP contribution in [0.2, 0.25) is 5.02 Å². The Kier molecular flexibility index (Phi) is 3.04. The van der Waals surface area contributed by atoms with Crippen molar-refractivity contribution >= 4 is 11.6 Å². The summed E-state index contributed by atoms with van der Waals surface area (Å²) in [6.45, 7) is -0.105. The summed E-state index contributed by atoms with van der Waals surface area (Å²) < 4.78 is 5.05. The summed E-state index contributed by atoms with van der Waals surface area (Å²) >= 11 is 6.00. The lowest BCUT2D eigenvalue weighted by Crippen LogP contribution is -1.86. The third-order valence-electron chi connectivity index (χ3n) is 2.09. The summed E-state index contributed by atoms with van der Waals surface area (Å²) in [5, 5.41) is 13.2. The molecule has 78 valence electrons. The molecule has 1 aromatic carbocycles. The lowest BCUT2D eigenvalue weighted by atomic mass is 10.1. The molecule has 4 heteroatoms. The van der Waals surface area contributed by atoms with Gasteiger partial charge in [-0.05, 0) is 11.6 Å². The summed E-state index contributed by atoms with van der Waals surface area (Å²) in [5.41, 5.74) is 1.52. The molecule has 0 aliphatic rings. The molecule has 0 unspecified atom stereocenters. The number of aromatic nitrogens is 1. The van der Waals surface area contributed by atoms with Crippen molar-refractivity contribution in [2.45, 2.75) is 13.0 Å². The van der Waals surface area contributed by atoms with Gasteiger partial charge in [-0.25, -0.2) is 0 Å². The zero-order valence-corrected chi connectivity index (χ0v) is 8.74. The van der Waals surface area contributed by atoms with Crippen molar-refractivity contribution in [2.75, 3.05) is 0 Å². The molecule has 0 radical (unpaired) electrons. The molecule has 0 amide bonds. The molecule has 0 bridgehead atoms. The SMILES string of the molecule is OCc1cc(Cc2ccccc2Cl)on1. The molecule has 1 heterocycles. The van der Waals surface area contributed by atoms with Gasteiger partial charge in [0.2, 0.25) is 0 Å². The second-order valence-electron chi connectivity index (χ2n) is 3.21. The van der Waals surface area contributed by atoms with E-state index in [4.69, 9.17) is 21.2 Å². The normalized spacial score (nSPS) is 10.5. The number of hydrogen-bond donors (Lipinski definition) is 1. The van der Waals surface area contributed by atoms with Gasteiger partial charge in [0.1, 0.15) is 11.5 Å². The Balaban J connectivity index is 2.18. The van der Waals surface area contributed by atoms with E-state index in [-0.39, 0.29) is 6.61 Å². The van der Waals surface area contributed by atoms with Gasteiger partial charge in [-0.15, -0.1) is 0 Å². The zero-order chi connectivity index (χ0) is 10.7. The summed E-state index contributed by atoms with van der Waals surface area (Å²) in [6, 6.07) is 9.29. The van der Waals surface area contributed by atoms with Gasteiger partial charge in [-0.2, -0.15) is 0 Å². The Morgan fingerprint density at radius 2 is 2.13 bits per heavy atom. The summed E-state index contributed by atoms with van der Waals surface area (Å²) in [6.07, 6.45) is 0.590. The van der Waals surface area contributed by atoms with Gasteiger partial charge < -0.3 is 9.63 Å². The molecular formula is C11H10ClNO2. The third kappa shape index (κ3) is 2.37. The molecule has 0 fully saturated rings. The first-order chi connectivity index (χ1) is 7.29. The average Bonchev–Trinajstić information content (AvgIpc) is 2.69. The van der Waals surface area contributed by atoms with E-state index in [0.717, 1.165) is 5.56 Å². The van der Waals surface area contributed by atoms with Crippen LogP contribution in [-0.4, -0.2) is 10.3 Å². The van der Waals surface area contributed by atoms with Gasteiger partial charge in [0.25, 0.3) is 0 Å². The fourth-order valence-corrected chi connectivity index (χ4v) is 1.55. The van der Waals surface area contributed by atoms with E-state index in [1.165, 1.54) is 0 Å². The van der Waals surface area contributed by atoms with Gasteiger partial charge in [-0.3, -0.25) is 0 Å². The van der Waals surface area contributed by atoms with Crippen molar-refractivity contribution in [2.24, 2.45) is 0 Å². The highest BCUT2D eigenvalue weighted by Gasteiger charge is 2.06. The van der Waals surface area contributed by atoms with E-state index in [9.17, 15) is 0 Å². The quantitative estimate of drug-likeness (QED) is 0.869. The number of nitrogens with zero attached hydrogens (tertiary/aromatic N) is 1. The minimum atomic E-state index is -0.105. The van der Waals surface area contributed by atoms with Crippen molar-refractivity contribution in [1.29, 1.82) is 0 Å². The van der Waals surface area contributed by atoms with Crippen LogP contribution in [0.3, 0.4) is 0 Å². The van der Waals surface area contributed by atoms with Crippen LogP contribution in [0.5, 0.6) is 0 Å². The highest BCUT2D eigenvalue weighted by molar-refractivity contribution is 6.31. The van der Waals surface area contributed by atoms with Crippen molar-refractivity contribution < 1.29 is 9.63 Å². The van der Waals surface area contributed by atoms with E-state index in [1.807, 2.05) is 24.3 Å². The highest BCUT2D eigenvalue weighted by atomic mass is 35.5. The van der Waals surface area contributed by atoms with Crippen LogP contribution in [0, 0.1) is 0 Å². The molecule has 0 spiro atoms. The summed E-state index contributed by atoms with van der Waals surface area (Å²) in [4.78, 5) is 0. The van der Waals surface area contributed by atoms with Crippen LogP contribution in [0.15, 0.2) is 34.9 Å². The Bertz CT molecular complexity index is 453. The minimum Gasteiger partial charge on any atom is -0.390 e. The molecule has 15 heavy (non-hydrogen) atoms. The van der Waals surface area contributed by atoms with Crippen molar-refractivity contribution in [3.63, 3.8) is 0 Å². The molecule has 3 nitrogen and oxygen atoms in total. The Morgan fingerprint density at radius 3 is 2.80 bits per heavy atom. The van der Waals surface area contributed by atoms with Crippen molar-refractivity contribution in [3.8, 4) is 0 Å². The van der Waals surface area contributed by atoms with Crippen LogP contribution in [0.1, 0.15) is 17.0 Å². The maximum absolute atomic E-state index is 8.82. The molecule has 0 saturated heterocycles. The smallest absolute Gasteiger partial charge is 0.141 e. The zero-order valence-electron chi connectivity index (χ0n) is 7.98. The lowest BCUT2D eigenvalue weighted by Gasteiger charge is -1.99. The van der Waals surface area contributed by atoms with E-state index in [1.54, 1.807) is 6.07 Å².